The fourth-order valence-electron chi connectivity index (χ4n) is 0.944. The number of rotatable bonds is 9. The molecule has 1 atom stereocenters. The second kappa shape index (κ2) is 11.1. The molecule has 0 aromatic carbocycles. The van der Waals surface area contributed by atoms with E-state index in [0.29, 0.717) is 4.58 Å². The maximum Gasteiger partial charge on any atom is 0.0472 e. The summed E-state index contributed by atoms with van der Waals surface area (Å²) >= 11 is 8.61. The van der Waals surface area contributed by atoms with E-state index in [2.05, 4.69) is 38.2 Å². The smallest absolute Gasteiger partial charge is 0.0472 e. The molecule has 0 N–H and O–H groups in total. The molecule has 0 heterocycles. The van der Waals surface area contributed by atoms with Crippen molar-refractivity contribution in [3.05, 3.63) is 0 Å². The highest BCUT2D eigenvalue weighted by Crippen LogP contribution is 2.21. The number of hydrogen-bond donors (Lipinski definition) is 1. The third-order valence-electron chi connectivity index (χ3n) is 1.60. The molecule has 0 amide bonds. The molecule has 0 rings (SSSR count). The first-order valence-corrected chi connectivity index (χ1v) is 7.90. The Morgan fingerprint density at radius 1 is 1.08 bits per heavy atom. The van der Waals surface area contributed by atoms with E-state index in [-0.39, 0.29) is 0 Å². The molecule has 0 radical (unpaired) electrons. The molecule has 0 fully saturated rings. The van der Waals surface area contributed by atoms with Crippen molar-refractivity contribution in [2.45, 2.75) is 44.1 Å². The molecule has 0 saturated heterocycles. The first-order valence-electron chi connectivity index (χ1n) is 5.18. The van der Waals surface area contributed by atoms with Crippen molar-refractivity contribution in [3.63, 3.8) is 0 Å². The van der Waals surface area contributed by atoms with Gasteiger partial charge in [0.1, 0.15) is 0 Å². The molecule has 13 heavy (non-hydrogen) atoms. The van der Waals surface area contributed by atoms with Gasteiger partial charge in [0.2, 0.25) is 0 Å². The summed E-state index contributed by atoms with van der Waals surface area (Å²) in [5, 5.41) is 0. The van der Waals surface area contributed by atoms with Crippen LogP contribution in [-0.4, -0.2) is 21.8 Å². The second-order valence-electron chi connectivity index (χ2n) is 3.08. The Morgan fingerprint density at radius 2 is 1.77 bits per heavy atom. The van der Waals surface area contributed by atoms with Crippen LogP contribution in [-0.2, 0) is 0 Å². The monoisotopic (exact) mass is 238 g/mol. The van der Waals surface area contributed by atoms with Gasteiger partial charge in [-0.15, -0.1) is 11.8 Å². The second-order valence-corrected chi connectivity index (χ2v) is 6.59. The van der Waals surface area contributed by atoms with Crippen molar-refractivity contribution in [2.24, 2.45) is 0 Å². The zero-order valence-corrected chi connectivity index (χ0v) is 11.3. The summed E-state index contributed by atoms with van der Waals surface area (Å²) in [4.78, 5) is 0. The summed E-state index contributed by atoms with van der Waals surface area (Å²) in [7, 11) is 0. The molecule has 80 valence electrons. The Kier molecular flexibility index (Phi) is 12.0. The lowest BCUT2D eigenvalue weighted by molar-refractivity contribution is 0.880. The van der Waals surface area contributed by atoms with Crippen LogP contribution in [0.4, 0.5) is 0 Å². The van der Waals surface area contributed by atoms with Crippen LogP contribution >= 0.6 is 36.2 Å². The zero-order valence-electron chi connectivity index (χ0n) is 8.79. The molecule has 0 aliphatic heterocycles. The quantitative estimate of drug-likeness (QED) is 0.361. The van der Waals surface area contributed by atoms with E-state index in [4.69, 9.17) is 0 Å². The Labute approximate surface area is 97.4 Å². The highest BCUT2D eigenvalue weighted by atomic mass is 32.2. The van der Waals surface area contributed by atoms with Crippen LogP contribution in [0.2, 0.25) is 0 Å². The van der Waals surface area contributed by atoms with E-state index in [1.807, 2.05) is 11.8 Å². The normalized spacial score (nSPS) is 13.2. The van der Waals surface area contributed by atoms with E-state index in [1.165, 1.54) is 42.9 Å². The molecular weight excluding hydrogens is 216 g/mol. The molecule has 0 bridgehead atoms. The van der Waals surface area contributed by atoms with Gasteiger partial charge in [0, 0.05) is 4.58 Å². The number of thiol groups is 1. The van der Waals surface area contributed by atoms with E-state index in [9.17, 15) is 0 Å². The first kappa shape index (κ1) is 14.1. The van der Waals surface area contributed by atoms with Crippen molar-refractivity contribution in [1.82, 2.24) is 0 Å². The molecule has 3 heteroatoms. The predicted molar refractivity (Wildman–Crippen MR) is 72.4 cm³/mol. The summed E-state index contributed by atoms with van der Waals surface area (Å²) in [5.74, 6) is 3.90. The molecule has 1 unspecified atom stereocenters. The lowest BCUT2D eigenvalue weighted by atomic mass is 10.4. The molecule has 0 spiro atoms. The summed E-state index contributed by atoms with van der Waals surface area (Å²) in [6.07, 6.45) is 5.17. The molecular formula is C10H22S3. The SMILES string of the molecule is CCCSCCCC(S)SCCC. The van der Waals surface area contributed by atoms with Crippen LogP contribution in [0.1, 0.15) is 39.5 Å². The molecule has 0 aliphatic carbocycles. The summed E-state index contributed by atoms with van der Waals surface area (Å²) < 4.78 is 0.571. The molecule has 0 saturated carbocycles. The Morgan fingerprint density at radius 3 is 2.38 bits per heavy atom. The van der Waals surface area contributed by atoms with Crippen molar-refractivity contribution < 1.29 is 0 Å². The third kappa shape index (κ3) is 11.0. The average Bonchev–Trinajstić information content (AvgIpc) is 2.14. The summed E-state index contributed by atoms with van der Waals surface area (Å²) in [6, 6.07) is 0. The fraction of sp³-hybridized carbons (Fsp3) is 1.00. The number of thioether (sulfide) groups is 2. The standard InChI is InChI=1S/C10H22S3/c1-3-7-12-9-5-6-10(11)13-8-4-2/h10-11H,3-9H2,1-2H3. The van der Waals surface area contributed by atoms with Crippen molar-refractivity contribution in [3.8, 4) is 0 Å². The van der Waals surface area contributed by atoms with E-state index < -0.39 is 0 Å². The summed E-state index contributed by atoms with van der Waals surface area (Å²) in [5.41, 5.74) is 0. The predicted octanol–water partition coefficient (Wildman–Crippen LogP) is 4.31. The lowest BCUT2D eigenvalue weighted by Crippen LogP contribution is -1.95. The van der Waals surface area contributed by atoms with Crippen molar-refractivity contribution >= 4 is 36.2 Å². The minimum absolute atomic E-state index is 0.571. The molecule has 0 aromatic rings. The Balaban J connectivity index is 3.03. The largest absolute Gasteiger partial charge is 0.165 e. The van der Waals surface area contributed by atoms with E-state index in [0.717, 1.165) is 0 Å². The summed E-state index contributed by atoms with van der Waals surface area (Å²) in [6.45, 7) is 4.47. The maximum absolute atomic E-state index is 4.54. The van der Waals surface area contributed by atoms with E-state index >= 15 is 0 Å². The highest BCUT2D eigenvalue weighted by Gasteiger charge is 2.01. The van der Waals surface area contributed by atoms with Crippen LogP contribution in [0.15, 0.2) is 0 Å². The number of hydrogen-bond acceptors (Lipinski definition) is 3. The van der Waals surface area contributed by atoms with Gasteiger partial charge in [0.05, 0.1) is 0 Å². The van der Waals surface area contributed by atoms with Crippen molar-refractivity contribution in [1.29, 1.82) is 0 Å². The minimum atomic E-state index is 0.571. The van der Waals surface area contributed by atoms with Gasteiger partial charge in [-0.2, -0.15) is 24.4 Å². The lowest BCUT2D eigenvalue weighted by Gasteiger charge is -2.08. The molecule has 0 nitrogen and oxygen atoms in total. The maximum atomic E-state index is 4.54. The van der Waals surface area contributed by atoms with Crippen LogP contribution in [0.5, 0.6) is 0 Å². The first-order chi connectivity index (χ1) is 6.31. The van der Waals surface area contributed by atoms with Gasteiger partial charge in [-0.05, 0) is 42.9 Å². The van der Waals surface area contributed by atoms with Crippen LogP contribution in [0.3, 0.4) is 0 Å². The fourth-order valence-corrected chi connectivity index (χ4v) is 3.15. The minimum Gasteiger partial charge on any atom is -0.165 e. The van der Waals surface area contributed by atoms with Gasteiger partial charge in [-0.25, -0.2) is 0 Å². The van der Waals surface area contributed by atoms with Gasteiger partial charge in [-0.1, -0.05) is 13.8 Å². The van der Waals surface area contributed by atoms with Crippen molar-refractivity contribution in [2.75, 3.05) is 17.3 Å². The van der Waals surface area contributed by atoms with Gasteiger partial charge in [0.25, 0.3) is 0 Å². The average molecular weight is 238 g/mol. The van der Waals surface area contributed by atoms with Crippen LogP contribution < -0.4 is 0 Å². The third-order valence-corrected chi connectivity index (χ3v) is 4.85. The topological polar surface area (TPSA) is 0 Å². The van der Waals surface area contributed by atoms with Crippen LogP contribution in [0.25, 0.3) is 0 Å². The zero-order chi connectivity index (χ0) is 9.94. The molecule has 0 aliphatic rings. The van der Waals surface area contributed by atoms with Gasteiger partial charge >= 0.3 is 0 Å². The van der Waals surface area contributed by atoms with Crippen LogP contribution in [0, 0.1) is 0 Å². The Hall–Kier alpha value is 1.05. The van der Waals surface area contributed by atoms with Gasteiger partial charge in [0.15, 0.2) is 0 Å². The molecule has 0 aromatic heterocycles. The van der Waals surface area contributed by atoms with Gasteiger partial charge < -0.3 is 0 Å². The van der Waals surface area contributed by atoms with E-state index in [1.54, 1.807) is 0 Å². The van der Waals surface area contributed by atoms with Gasteiger partial charge in [-0.3, -0.25) is 0 Å². The Bertz CT molecular complexity index is 96.2. The highest BCUT2D eigenvalue weighted by molar-refractivity contribution is 8.10.